The highest BCUT2D eigenvalue weighted by Gasteiger charge is 2.25. The summed E-state index contributed by atoms with van der Waals surface area (Å²) in [7, 11) is 0. The monoisotopic (exact) mass is 236 g/mol. The number of nitrogens with zero attached hydrogens (tertiary/aromatic N) is 1. The SMILES string of the molecule is CCCCC(C=O)C(N)C(O)c1ccccn1. The lowest BCUT2D eigenvalue weighted by Crippen LogP contribution is -2.37. The lowest BCUT2D eigenvalue weighted by Gasteiger charge is -2.23. The molecule has 1 aromatic heterocycles. The van der Waals surface area contributed by atoms with Crippen LogP contribution < -0.4 is 5.73 Å². The average molecular weight is 236 g/mol. The van der Waals surface area contributed by atoms with Gasteiger partial charge in [0.2, 0.25) is 0 Å². The van der Waals surface area contributed by atoms with Gasteiger partial charge in [-0.25, -0.2) is 0 Å². The Balaban J connectivity index is 2.67. The summed E-state index contributed by atoms with van der Waals surface area (Å²) < 4.78 is 0. The second-order valence-corrected chi connectivity index (χ2v) is 4.22. The Morgan fingerprint density at radius 3 is 2.82 bits per heavy atom. The van der Waals surface area contributed by atoms with E-state index in [-0.39, 0.29) is 5.92 Å². The molecule has 0 saturated heterocycles. The van der Waals surface area contributed by atoms with E-state index >= 15 is 0 Å². The van der Waals surface area contributed by atoms with Gasteiger partial charge in [0.1, 0.15) is 12.4 Å². The van der Waals surface area contributed by atoms with Gasteiger partial charge in [-0.1, -0.05) is 25.8 Å². The highest BCUT2D eigenvalue weighted by Crippen LogP contribution is 2.21. The molecule has 4 heteroatoms. The van der Waals surface area contributed by atoms with Crippen LogP contribution in [0.15, 0.2) is 24.4 Å². The molecule has 1 aromatic rings. The topological polar surface area (TPSA) is 76.2 Å². The Hall–Kier alpha value is -1.26. The average Bonchev–Trinajstić information content (AvgIpc) is 2.39. The Morgan fingerprint density at radius 1 is 1.53 bits per heavy atom. The smallest absolute Gasteiger partial charge is 0.124 e. The van der Waals surface area contributed by atoms with Crippen LogP contribution in [0.2, 0.25) is 0 Å². The van der Waals surface area contributed by atoms with E-state index < -0.39 is 12.1 Å². The Labute approximate surface area is 102 Å². The number of aliphatic hydroxyl groups is 1. The molecule has 1 rings (SSSR count). The van der Waals surface area contributed by atoms with Crippen molar-refractivity contribution < 1.29 is 9.90 Å². The first-order valence-electron chi connectivity index (χ1n) is 6.00. The molecule has 0 spiro atoms. The minimum Gasteiger partial charge on any atom is -0.385 e. The maximum absolute atomic E-state index is 11.0. The van der Waals surface area contributed by atoms with Crippen molar-refractivity contribution in [3.8, 4) is 0 Å². The van der Waals surface area contributed by atoms with Gasteiger partial charge >= 0.3 is 0 Å². The van der Waals surface area contributed by atoms with Crippen LogP contribution >= 0.6 is 0 Å². The summed E-state index contributed by atoms with van der Waals surface area (Å²) in [6.07, 6.45) is 4.22. The van der Waals surface area contributed by atoms with Gasteiger partial charge in [0, 0.05) is 18.2 Å². The summed E-state index contributed by atoms with van der Waals surface area (Å²) in [5, 5.41) is 10.0. The summed E-state index contributed by atoms with van der Waals surface area (Å²) in [5.74, 6) is -0.313. The van der Waals surface area contributed by atoms with Crippen molar-refractivity contribution >= 4 is 6.29 Å². The maximum Gasteiger partial charge on any atom is 0.124 e. The van der Waals surface area contributed by atoms with Gasteiger partial charge in [-0.2, -0.15) is 0 Å². The Morgan fingerprint density at radius 2 is 2.29 bits per heavy atom. The molecule has 4 nitrogen and oxygen atoms in total. The van der Waals surface area contributed by atoms with Gasteiger partial charge < -0.3 is 15.6 Å². The van der Waals surface area contributed by atoms with Crippen LogP contribution in [0.3, 0.4) is 0 Å². The van der Waals surface area contributed by atoms with Crippen LogP contribution in [0.25, 0.3) is 0 Å². The Kier molecular flexibility index (Phi) is 5.80. The molecule has 0 radical (unpaired) electrons. The van der Waals surface area contributed by atoms with Crippen molar-refractivity contribution in [2.75, 3.05) is 0 Å². The quantitative estimate of drug-likeness (QED) is 0.702. The molecule has 3 unspecified atom stereocenters. The van der Waals surface area contributed by atoms with E-state index in [1.807, 2.05) is 0 Å². The van der Waals surface area contributed by atoms with Gasteiger partial charge in [0.25, 0.3) is 0 Å². The third-order valence-electron chi connectivity index (χ3n) is 2.92. The predicted octanol–water partition coefficient (Wildman–Crippen LogP) is 1.45. The molecule has 0 saturated carbocycles. The molecule has 0 aliphatic rings. The fourth-order valence-electron chi connectivity index (χ4n) is 1.77. The van der Waals surface area contributed by atoms with E-state index in [0.29, 0.717) is 12.1 Å². The van der Waals surface area contributed by atoms with Crippen LogP contribution in [0.5, 0.6) is 0 Å². The normalized spacial score (nSPS) is 16.2. The number of pyridine rings is 1. The highest BCUT2D eigenvalue weighted by atomic mass is 16.3. The van der Waals surface area contributed by atoms with Gasteiger partial charge in [0.15, 0.2) is 0 Å². The third kappa shape index (κ3) is 3.91. The van der Waals surface area contributed by atoms with E-state index in [1.165, 1.54) is 0 Å². The zero-order valence-electron chi connectivity index (χ0n) is 10.1. The summed E-state index contributed by atoms with van der Waals surface area (Å²) in [6, 6.07) is 4.69. The number of aromatic nitrogens is 1. The molecule has 17 heavy (non-hydrogen) atoms. The summed E-state index contributed by atoms with van der Waals surface area (Å²) in [4.78, 5) is 15.0. The van der Waals surface area contributed by atoms with E-state index in [4.69, 9.17) is 5.73 Å². The molecule has 0 aliphatic carbocycles. The van der Waals surface area contributed by atoms with E-state index in [9.17, 15) is 9.90 Å². The number of aliphatic hydroxyl groups excluding tert-OH is 1. The fourth-order valence-corrected chi connectivity index (χ4v) is 1.77. The zero-order valence-corrected chi connectivity index (χ0v) is 10.1. The number of rotatable bonds is 7. The second kappa shape index (κ2) is 7.14. The van der Waals surface area contributed by atoms with E-state index in [1.54, 1.807) is 24.4 Å². The van der Waals surface area contributed by atoms with Gasteiger partial charge in [-0.05, 0) is 18.6 Å². The van der Waals surface area contributed by atoms with Crippen molar-refractivity contribution in [3.05, 3.63) is 30.1 Å². The summed E-state index contributed by atoms with van der Waals surface area (Å²) in [5.41, 5.74) is 6.44. The fraction of sp³-hybridized carbons (Fsp3) is 0.538. The molecule has 94 valence electrons. The van der Waals surface area contributed by atoms with Crippen LogP contribution in [-0.4, -0.2) is 22.4 Å². The molecular weight excluding hydrogens is 216 g/mol. The van der Waals surface area contributed by atoms with Gasteiger partial charge in [0.05, 0.1) is 5.69 Å². The van der Waals surface area contributed by atoms with Crippen molar-refractivity contribution in [2.24, 2.45) is 11.7 Å². The molecule has 0 aromatic carbocycles. The number of carbonyl (C=O) groups is 1. The van der Waals surface area contributed by atoms with Crippen molar-refractivity contribution in [1.29, 1.82) is 0 Å². The van der Waals surface area contributed by atoms with Crippen LogP contribution in [0.1, 0.15) is 38.0 Å². The lowest BCUT2D eigenvalue weighted by atomic mass is 9.90. The summed E-state index contributed by atoms with van der Waals surface area (Å²) in [6.45, 7) is 2.06. The number of aldehydes is 1. The minimum atomic E-state index is -0.886. The molecule has 0 bridgehead atoms. The molecule has 0 fully saturated rings. The van der Waals surface area contributed by atoms with E-state index in [2.05, 4.69) is 11.9 Å². The van der Waals surface area contributed by atoms with Gasteiger partial charge in [-0.3, -0.25) is 4.98 Å². The summed E-state index contributed by atoms with van der Waals surface area (Å²) >= 11 is 0. The molecule has 1 heterocycles. The third-order valence-corrected chi connectivity index (χ3v) is 2.92. The molecule has 0 amide bonds. The number of unbranched alkanes of at least 4 members (excludes halogenated alkanes) is 1. The van der Waals surface area contributed by atoms with Crippen LogP contribution in [0, 0.1) is 5.92 Å². The number of hydrogen-bond acceptors (Lipinski definition) is 4. The molecular formula is C13H20N2O2. The predicted molar refractivity (Wildman–Crippen MR) is 66.3 cm³/mol. The molecule has 3 N–H and O–H groups in total. The number of nitrogens with two attached hydrogens (primary N) is 1. The van der Waals surface area contributed by atoms with Crippen molar-refractivity contribution in [3.63, 3.8) is 0 Å². The van der Waals surface area contributed by atoms with Gasteiger partial charge in [-0.15, -0.1) is 0 Å². The highest BCUT2D eigenvalue weighted by molar-refractivity contribution is 5.55. The lowest BCUT2D eigenvalue weighted by molar-refractivity contribution is -0.112. The van der Waals surface area contributed by atoms with Crippen LogP contribution in [0.4, 0.5) is 0 Å². The maximum atomic E-state index is 11.0. The van der Waals surface area contributed by atoms with Crippen LogP contribution in [-0.2, 0) is 4.79 Å². The largest absolute Gasteiger partial charge is 0.385 e. The molecule has 0 aliphatic heterocycles. The first-order valence-corrected chi connectivity index (χ1v) is 6.00. The number of carbonyl (C=O) groups excluding carboxylic acids is 1. The molecule has 3 atom stereocenters. The first-order chi connectivity index (χ1) is 8.20. The number of hydrogen-bond donors (Lipinski definition) is 2. The minimum absolute atomic E-state index is 0.313. The first kappa shape index (κ1) is 13.8. The standard InChI is InChI=1S/C13H20N2O2/c1-2-3-6-10(9-16)12(14)13(17)11-7-4-5-8-15-11/h4-5,7-10,12-13,17H,2-3,6,14H2,1H3. The van der Waals surface area contributed by atoms with Crippen molar-refractivity contribution in [2.45, 2.75) is 38.3 Å². The zero-order chi connectivity index (χ0) is 12.7. The Bertz CT molecular complexity index is 329. The van der Waals surface area contributed by atoms with Crippen molar-refractivity contribution in [1.82, 2.24) is 4.98 Å². The second-order valence-electron chi connectivity index (χ2n) is 4.22. The van der Waals surface area contributed by atoms with E-state index in [0.717, 1.165) is 19.1 Å².